The molecule has 0 radical (unpaired) electrons. The van der Waals surface area contributed by atoms with Gasteiger partial charge in [-0.2, -0.15) is 0 Å². The fraction of sp³-hybridized carbons (Fsp3) is 0.167. The Labute approximate surface area is 165 Å². The van der Waals surface area contributed by atoms with Gasteiger partial charge in [-0.25, -0.2) is 0 Å². The van der Waals surface area contributed by atoms with E-state index >= 15 is 0 Å². The lowest BCUT2D eigenvalue weighted by molar-refractivity contribution is 0.0985. The summed E-state index contributed by atoms with van der Waals surface area (Å²) >= 11 is 0. The van der Waals surface area contributed by atoms with E-state index < -0.39 is 0 Å². The molecule has 0 spiro atoms. The molecule has 2 amide bonds. The molecule has 0 atom stereocenters. The molecule has 0 aromatic heterocycles. The number of hydrogen-bond donors (Lipinski definition) is 1. The normalized spacial score (nSPS) is 10.4. The summed E-state index contributed by atoms with van der Waals surface area (Å²) < 4.78 is 0. The maximum Gasteiger partial charge on any atom is 0.258 e. The monoisotopic (exact) mass is 372 g/mol. The molecule has 0 unspecified atom stereocenters. The molecule has 0 fully saturated rings. The summed E-state index contributed by atoms with van der Waals surface area (Å²) in [5.41, 5.74) is 3.89. The SMILES string of the molecule is CCc1ccc(NC(=O)c2ccc(C(=O)N(CC)c3ccccc3)cc2)cc1. The highest BCUT2D eigenvalue weighted by atomic mass is 16.2. The first kappa shape index (κ1) is 19.4. The highest BCUT2D eigenvalue weighted by Gasteiger charge is 2.16. The number of para-hydroxylation sites is 1. The maximum absolute atomic E-state index is 12.8. The standard InChI is InChI=1S/C24H24N2O2/c1-3-18-10-16-21(17-11-18)25-23(27)19-12-14-20(15-13-19)24(28)26(4-2)22-8-6-5-7-9-22/h5-17H,3-4H2,1-2H3,(H,25,27). The van der Waals surface area contributed by atoms with E-state index in [1.807, 2.05) is 61.5 Å². The number of hydrogen-bond acceptors (Lipinski definition) is 2. The Bertz CT molecular complexity index is 933. The van der Waals surface area contributed by atoms with Crippen LogP contribution in [0, 0.1) is 0 Å². The Morgan fingerprint density at radius 1 is 0.786 bits per heavy atom. The van der Waals surface area contributed by atoms with E-state index in [1.165, 1.54) is 5.56 Å². The molecule has 0 saturated carbocycles. The molecule has 3 aromatic rings. The highest BCUT2D eigenvalue weighted by molar-refractivity contribution is 6.08. The van der Waals surface area contributed by atoms with Crippen molar-refractivity contribution in [2.45, 2.75) is 20.3 Å². The third kappa shape index (κ3) is 4.46. The van der Waals surface area contributed by atoms with E-state index in [4.69, 9.17) is 0 Å². The predicted octanol–water partition coefficient (Wildman–Crippen LogP) is 5.17. The molecule has 142 valence electrons. The van der Waals surface area contributed by atoms with Gasteiger partial charge in [-0.15, -0.1) is 0 Å². The number of nitrogens with zero attached hydrogens (tertiary/aromatic N) is 1. The average Bonchev–Trinajstić information content (AvgIpc) is 2.75. The summed E-state index contributed by atoms with van der Waals surface area (Å²) in [6.07, 6.45) is 0.960. The topological polar surface area (TPSA) is 49.4 Å². The molecule has 1 N–H and O–H groups in total. The van der Waals surface area contributed by atoms with Crippen molar-refractivity contribution in [3.8, 4) is 0 Å². The first-order valence-corrected chi connectivity index (χ1v) is 9.49. The smallest absolute Gasteiger partial charge is 0.258 e. The molecule has 28 heavy (non-hydrogen) atoms. The molecule has 0 aliphatic rings. The van der Waals surface area contributed by atoms with Crippen LogP contribution in [-0.4, -0.2) is 18.4 Å². The minimum atomic E-state index is -0.196. The van der Waals surface area contributed by atoms with Crippen molar-refractivity contribution in [1.82, 2.24) is 0 Å². The second kappa shape index (κ2) is 9.00. The van der Waals surface area contributed by atoms with Gasteiger partial charge in [0.25, 0.3) is 11.8 Å². The third-order valence-electron chi connectivity index (χ3n) is 4.64. The quantitative estimate of drug-likeness (QED) is 0.649. The minimum absolute atomic E-state index is 0.0872. The zero-order chi connectivity index (χ0) is 19.9. The van der Waals surface area contributed by atoms with Crippen molar-refractivity contribution < 1.29 is 9.59 Å². The van der Waals surface area contributed by atoms with Crippen LogP contribution in [0.3, 0.4) is 0 Å². The van der Waals surface area contributed by atoms with Crippen LogP contribution >= 0.6 is 0 Å². The number of anilines is 2. The summed E-state index contributed by atoms with van der Waals surface area (Å²) in [7, 11) is 0. The maximum atomic E-state index is 12.8. The summed E-state index contributed by atoms with van der Waals surface area (Å²) in [6, 6.07) is 24.1. The zero-order valence-electron chi connectivity index (χ0n) is 16.2. The number of aryl methyl sites for hydroxylation is 1. The van der Waals surface area contributed by atoms with E-state index in [-0.39, 0.29) is 11.8 Å². The van der Waals surface area contributed by atoms with Crippen molar-refractivity contribution in [1.29, 1.82) is 0 Å². The van der Waals surface area contributed by atoms with Gasteiger partial charge in [-0.05, 0) is 67.4 Å². The lowest BCUT2D eigenvalue weighted by atomic mass is 10.1. The van der Waals surface area contributed by atoms with E-state index in [0.717, 1.165) is 17.8 Å². The number of carbonyl (C=O) groups is 2. The first-order valence-electron chi connectivity index (χ1n) is 9.49. The summed E-state index contributed by atoms with van der Waals surface area (Å²) in [5.74, 6) is -0.283. The van der Waals surface area contributed by atoms with E-state index in [2.05, 4.69) is 12.2 Å². The van der Waals surface area contributed by atoms with Crippen LogP contribution in [0.5, 0.6) is 0 Å². The van der Waals surface area contributed by atoms with Gasteiger partial charge in [0, 0.05) is 29.0 Å². The van der Waals surface area contributed by atoms with Gasteiger partial charge in [0.15, 0.2) is 0 Å². The third-order valence-corrected chi connectivity index (χ3v) is 4.64. The molecule has 0 aliphatic heterocycles. The van der Waals surface area contributed by atoms with Crippen molar-refractivity contribution in [2.24, 2.45) is 0 Å². The van der Waals surface area contributed by atoms with Crippen LogP contribution in [0.1, 0.15) is 40.1 Å². The summed E-state index contributed by atoms with van der Waals surface area (Å²) in [5, 5.41) is 2.88. The van der Waals surface area contributed by atoms with Crippen molar-refractivity contribution in [3.05, 3.63) is 95.6 Å². The number of amides is 2. The molecule has 3 rings (SSSR count). The van der Waals surface area contributed by atoms with Gasteiger partial charge < -0.3 is 10.2 Å². The van der Waals surface area contributed by atoms with Crippen LogP contribution in [0.2, 0.25) is 0 Å². The van der Waals surface area contributed by atoms with Crippen LogP contribution in [-0.2, 0) is 6.42 Å². The Morgan fingerprint density at radius 2 is 1.39 bits per heavy atom. The Balaban J connectivity index is 1.71. The van der Waals surface area contributed by atoms with Crippen LogP contribution in [0.15, 0.2) is 78.9 Å². The molecule has 3 aromatic carbocycles. The van der Waals surface area contributed by atoms with Gasteiger partial charge in [0.05, 0.1) is 0 Å². The van der Waals surface area contributed by atoms with Gasteiger partial charge >= 0.3 is 0 Å². The van der Waals surface area contributed by atoms with E-state index in [0.29, 0.717) is 17.7 Å². The van der Waals surface area contributed by atoms with Crippen molar-refractivity contribution in [2.75, 3.05) is 16.8 Å². The molecular weight excluding hydrogens is 348 g/mol. The number of carbonyl (C=O) groups excluding carboxylic acids is 2. The summed E-state index contributed by atoms with van der Waals surface area (Å²) in [6.45, 7) is 4.60. The van der Waals surface area contributed by atoms with E-state index in [1.54, 1.807) is 29.2 Å². The Hall–Kier alpha value is -3.40. The van der Waals surface area contributed by atoms with Crippen molar-refractivity contribution in [3.63, 3.8) is 0 Å². The lowest BCUT2D eigenvalue weighted by Crippen LogP contribution is -2.30. The fourth-order valence-electron chi connectivity index (χ4n) is 3.00. The highest BCUT2D eigenvalue weighted by Crippen LogP contribution is 2.18. The molecule has 4 nitrogen and oxygen atoms in total. The molecule has 0 saturated heterocycles. The van der Waals surface area contributed by atoms with Gasteiger partial charge in [0.2, 0.25) is 0 Å². The average molecular weight is 372 g/mol. The van der Waals surface area contributed by atoms with E-state index in [9.17, 15) is 9.59 Å². The molecule has 0 bridgehead atoms. The summed E-state index contributed by atoms with van der Waals surface area (Å²) in [4.78, 5) is 27.0. The number of nitrogens with one attached hydrogen (secondary N) is 1. The van der Waals surface area contributed by atoms with Crippen LogP contribution in [0.4, 0.5) is 11.4 Å². The largest absolute Gasteiger partial charge is 0.322 e. The Kier molecular flexibility index (Phi) is 6.22. The molecular formula is C24H24N2O2. The number of rotatable bonds is 6. The van der Waals surface area contributed by atoms with Gasteiger partial charge in [-0.3, -0.25) is 9.59 Å². The Morgan fingerprint density at radius 3 is 1.96 bits per heavy atom. The second-order valence-electron chi connectivity index (χ2n) is 6.47. The fourth-order valence-corrected chi connectivity index (χ4v) is 3.00. The van der Waals surface area contributed by atoms with Crippen LogP contribution < -0.4 is 10.2 Å². The second-order valence-corrected chi connectivity index (χ2v) is 6.47. The predicted molar refractivity (Wildman–Crippen MR) is 114 cm³/mol. The van der Waals surface area contributed by atoms with Gasteiger partial charge in [-0.1, -0.05) is 37.3 Å². The minimum Gasteiger partial charge on any atom is -0.322 e. The van der Waals surface area contributed by atoms with Crippen molar-refractivity contribution >= 4 is 23.2 Å². The molecule has 0 heterocycles. The lowest BCUT2D eigenvalue weighted by Gasteiger charge is -2.21. The first-order chi connectivity index (χ1) is 13.6. The zero-order valence-corrected chi connectivity index (χ0v) is 16.2. The molecule has 4 heteroatoms. The van der Waals surface area contributed by atoms with Crippen LogP contribution in [0.25, 0.3) is 0 Å². The number of benzene rings is 3. The molecule has 0 aliphatic carbocycles. The van der Waals surface area contributed by atoms with Gasteiger partial charge in [0.1, 0.15) is 0 Å².